The zero-order chi connectivity index (χ0) is 20.1. The van der Waals surface area contributed by atoms with Crippen molar-refractivity contribution in [2.45, 2.75) is 37.6 Å². The van der Waals surface area contributed by atoms with E-state index in [1.165, 1.54) is 4.70 Å². The van der Waals surface area contributed by atoms with Crippen LogP contribution < -0.4 is 0 Å². The van der Waals surface area contributed by atoms with Crippen molar-refractivity contribution in [1.82, 2.24) is 14.9 Å². The molecule has 6 heteroatoms. The van der Waals surface area contributed by atoms with E-state index in [9.17, 15) is 4.79 Å². The molecule has 1 amide bonds. The first-order valence-electron chi connectivity index (χ1n) is 10.5. The third-order valence-corrected chi connectivity index (χ3v) is 7.07. The van der Waals surface area contributed by atoms with E-state index in [2.05, 4.69) is 11.1 Å². The number of aromatic nitrogens is 2. The van der Waals surface area contributed by atoms with Gasteiger partial charge in [-0.1, -0.05) is 30.3 Å². The molecule has 2 aliphatic rings. The Morgan fingerprint density at radius 3 is 2.60 bits per heavy atom. The van der Waals surface area contributed by atoms with Crippen molar-refractivity contribution in [1.29, 1.82) is 0 Å². The van der Waals surface area contributed by atoms with E-state index >= 15 is 0 Å². The van der Waals surface area contributed by atoms with Gasteiger partial charge in [0.1, 0.15) is 10.8 Å². The molecule has 0 radical (unpaired) electrons. The summed E-state index contributed by atoms with van der Waals surface area (Å²) in [6, 6.07) is 18.0. The fourth-order valence-corrected chi connectivity index (χ4v) is 5.36. The Bertz CT molecular complexity index is 1190. The van der Waals surface area contributed by atoms with Crippen LogP contribution in [0.5, 0.6) is 0 Å². The van der Waals surface area contributed by atoms with Gasteiger partial charge in [0.25, 0.3) is 5.91 Å². The highest BCUT2D eigenvalue weighted by atomic mass is 32.1. The van der Waals surface area contributed by atoms with Crippen LogP contribution in [-0.2, 0) is 0 Å². The highest BCUT2D eigenvalue weighted by Crippen LogP contribution is 2.44. The fourth-order valence-electron chi connectivity index (χ4n) is 4.25. The molecule has 150 valence electrons. The molecule has 0 bridgehead atoms. The first-order valence-corrected chi connectivity index (χ1v) is 11.3. The second-order valence-electron chi connectivity index (χ2n) is 8.05. The molecular weight excluding hydrogens is 394 g/mol. The van der Waals surface area contributed by atoms with Crippen LogP contribution in [-0.4, -0.2) is 27.3 Å². The van der Waals surface area contributed by atoms with Crippen LogP contribution in [0, 0.1) is 0 Å². The van der Waals surface area contributed by atoms with Crippen LogP contribution in [0.3, 0.4) is 0 Å². The number of carbonyl (C=O) groups is 1. The van der Waals surface area contributed by atoms with E-state index in [1.54, 1.807) is 11.3 Å². The van der Waals surface area contributed by atoms with Gasteiger partial charge in [0.15, 0.2) is 5.69 Å². The molecule has 0 N–H and O–H groups in total. The van der Waals surface area contributed by atoms with Gasteiger partial charge >= 0.3 is 0 Å². The predicted molar refractivity (Wildman–Crippen MR) is 117 cm³/mol. The van der Waals surface area contributed by atoms with Crippen molar-refractivity contribution in [3.05, 3.63) is 71.1 Å². The van der Waals surface area contributed by atoms with Crippen molar-refractivity contribution in [3.63, 3.8) is 0 Å². The highest BCUT2D eigenvalue weighted by molar-refractivity contribution is 7.18. The van der Waals surface area contributed by atoms with E-state index in [-0.39, 0.29) is 11.9 Å². The summed E-state index contributed by atoms with van der Waals surface area (Å²) in [5.74, 6) is 1.59. The fraction of sp³-hybridized carbons (Fsp3) is 0.292. The molecule has 3 heterocycles. The van der Waals surface area contributed by atoms with Crippen LogP contribution in [0.2, 0.25) is 0 Å². The summed E-state index contributed by atoms with van der Waals surface area (Å²) in [6.45, 7) is 0.733. The molecule has 2 aromatic carbocycles. The first-order chi connectivity index (χ1) is 14.8. The van der Waals surface area contributed by atoms with Gasteiger partial charge < -0.3 is 9.32 Å². The molecule has 1 aliphatic heterocycles. The minimum absolute atomic E-state index is 0.0128. The van der Waals surface area contributed by atoms with Gasteiger partial charge in [-0.05, 0) is 49.9 Å². The lowest BCUT2D eigenvalue weighted by Crippen LogP contribution is -2.31. The van der Waals surface area contributed by atoms with Gasteiger partial charge in [-0.15, -0.1) is 11.3 Å². The molecule has 0 spiro atoms. The maximum absolute atomic E-state index is 13.6. The van der Waals surface area contributed by atoms with Crippen molar-refractivity contribution < 1.29 is 9.21 Å². The number of likely N-dealkylation sites (tertiary alicyclic amines) is 1. The smallest absolute Gasteiger partial charge is 0.276 e. The number of benzene rings is 2. The van der Waals surface area contributed by atoms with Crippen LogP contribution >= 0.6 is 11.3 Å². The van der Waals surface area contributed by atoms with Gasteiger partial charge in [-0.3, -0.25) is 4.79 Å². The van der Waals surface area contributed by atoms with Crippen LogP contribution in [0.15, 0.2) is 59.0 Å². The second-order valence-corrected chi connectivity index (χ2v) is 9.11. The Morgan fingerprint density at radius 2 is 1.80 bits per heavy atom. The van der Waals surface area contributed by atoms with Crippen molar-refractivity contribution in [2.75, 3.05) is 6.54 Å². The number of amides is 1. The van der Waals surface area contributed by atoms with Crippen molar-refractivity contribution in [2.24, 2.45) is 0 Å². The van der Waals surface area contributed by atoms with E-state index in [0.717, 1.165) is 54.1 Å². The SMILES string of the molecule is O=C(c1nc(-c2ccccc2)oc1C1CC1)N1CCCC1c1nc2ccccc2s1. The molecule has 1 saturated carbocycles. The van der Waals surface area contributed by atoms with Crippen LogP contribution in [0.1, 0.15) is 58.9 Å². The number of rotatable bonds is 4. The average molecular weight is 416 g/mol. The van der Waals surface area contributed by atoms with Gasteiger partial charge in [0.05, 0.1) is 16.3 Å². The maximum Gasteiger partial charge on any atom is 0.276 e. The highest BCUT2D eigenvalue weighted by Gasteiger charge is 2.39. The molecule has 6 rings (SSSR count). The number of oxazole rings is 1. The number of para-hydroxylation sites is 1. The minimum atomic E-state index is -0.0235. The topological polar surface area (TPSA) is 59.2 Å². The molecule has 5 nitrogen and oxygen atoms in total. The Labute approximate surface area is 178 Å². The van der Waals surface area contributed by atoms with E-state index in [1.807, 2.05) is 53.4 Å². The lowest BCUT2D eigenvalue weighted by Gasteiger charge is -2.22. The molecule has 30 heavy (non-hydrogen) atoms. The van der Waals surface area contributed by atoms with Gasteiger partial charge in [0, 0.05) is 18.0 Å². The largest absolute Gasteiger partial charge is 0.440 e. The molecule has 1 unspecified atom stereocenters. The predicted octanol–water partition coefficient (Wildman–Crippen LogP) is 5.81. The minimum Gasteiger partial charge on any atom is -0.440 e. The standard InChI is InChI=1S/C24H21N3O2S/c28-24(20-21(15-12-13-15)29-22(26-20)16-7-2-1-3-8-16)27-14-6-10-18(27)23-25-17-9-4-5-11-19(17)30-23/h1-5,7-9,11,15,18H,6,10,12-14H2. The van der Waals surface area contributed by atoms with E-state index in [4.69, 9.17) is 9.40 Å². The summed E-state index contributed by atoms with van der Waals surface area (Å²) in [5, 5.41) is 1.02. The van der Waals surface area contributed by atoms with Crippen LogP contribution in [0.25, 0.3) is 21.7 Å². The number of hydrogen-bond acceptors (Lipinski definition) is 5. The number of carbonyl (C=O) groups excluding carboxylic acids is 1. The average Bonchev–Trinajstić information content (AvgIpc) is 3.21. The summed E-state index contributed by atoms with van der Waals surface area (Å²) in [5.41, 5.74) is 2.40. The maximum atomic E-state index is 13.6. The summed E-state index contributed by atoms with van der Waals surface area (Å²) in [7, 11) is 0. The third-order valence-electron chi connectivity index (χ3n) is 5.93. The number of nitrogens with zero attached hydrogens (tertiary/aromatic N) is 3. The van der Waals surface area contributed by atoms with Crippen molar-refractivity contribution in [3.8, 4) is 11.5 Å². The van der Waals surface area contributed by atoms with Gasteiger partial charge in [-0.2, -0.15) is 0 Å². The zero-order valence-corrected chi connectivity index (χ0v) is 17.3. The van der Waals surface area contributed by atoms with E-state index < -0.39 is 0 Å². The van der Waals surface area contributed by atoms with Crippen LogP contribution in [0.4, 0.5) is 0 Å². The Kier molecular flexibility index (Phi) is 4.20. The first kappa shape index (κ1) is 17.8. The summed E-state index contributed by atoms with van der Waals surface area (Å²) in [6.07, 6.45) is 4.04. The lowest BCUT2D eigenvalue weighted by molar-refractivity contribution is 0.0728. The molecule has 1 aliphatic carbocycles. The zero-order valence-electron chi connectivity index (χ0n) is 16.5. The Morgan fingerprint density at radius 1 is 1.00 bits per heavy atom. The molecule has 1 saturated heterocycles. The second kappa shape index (κ2) is 7.06. The van der Waals surface area contributed by atoms with Gasteiger partial charge in [0.2, 0.25) is 5.89 Å². The molecule has 2 aromatic heterocycles. The monoisotopic (exact) mass is 415 g/mol. The summed E-state index contributed by atoms with van der Waals surface area (Å²) < 4.78 is 7.29. The number of thiazole rings is 1. The number of hydrogen-bond donors (Lipinski definition) is 0. The molecular formula is C24H21N3O2S. The molecule has 4 aromatic rings. The summed E-state index contributed by atoms with van der Waals surface area (Å²) in [4.78, 5) is 25.1. The molecule has 1 atom stereocenters. The van der Waals surface area contributed by atoms with Gasteiger partial charge in [-0.25, -0.2) is 9.97 Å². The molecule has 2 fully saturated rings. The van der Waals surface area contributed by atoms with E-state index in [0.29, 0.717) is 17.5 Å². The third kappa shape index (κ3) is 3.03. The lowest BCUT2D eigenvalue weighted by atomic mass is 10.2. The Hall–Kier alpha value is -2.99. The van der Waals surface area contributed by atoms with Crippen molar-refractivity contribution >= 4 is 27.5 Å². The summed E-state index contributed by atoms with van der Waals surface area (Å²) >= 11 is 1.69. The quantitative estimate of drug-likeness (QED) is 0.422. The number of fused-ring (bicyclic) bond motifs is 1. The normalized spacial score (nSPS) is 18.9. The Balaban J connectivity index is 1.36.